The third-order valence-corrected chi connectivity index (χ3v) is 2.59. The topological polar surface area (TPSA) is 48.8 Å². The highest BCUT2D eigenvalue weighted by Crippen LogP contribution is 2.32. The van der Waals surface area contributed by atoms with Crippen molar-refractivity contribution in [1.29, 1.82) is 0 Å². The fraction of sp³-hybridized carbons (Fsp3) is 0.200. The SMILES string of the molecule is [N-]=[N+]=NCC=Cc1cc(C(F)(F)F)ccc1Br. The molecule has 0 spiro atoms. The summed E-state index contributed by atoms with van der Waals surface area (Å²) in [6, 6.07) is 3.35. The molecular weight excluding hydrogens is 299 g/mol. The van der Waals surface area contributed by atoms with E-state index < -0.39 is 11.7 Å². The van der Waals surface area contributed by atoms with E-state index in [0.717, 1.165) is 12.1 Å². The average Bonchev–Trinajstić information content (AvgIpc) is 2.25. The van der Waals surface area contributed by atoms with Gasteiger partial charge in [-0.15, -0.1) is 0 Å². The fourth-order valence-corrected chi connectivity index (χ4v) is 1.49. The Morgan fingerprint density at radius 2 is 2.12 bits per heavy atom. The fourth-order valence-electron chi connectivity index (χ4n) is 1.11. The summed E-state index contributed by atoms with van der Waals surface area (Å²) in [5, 5.41) is 3.24. The van der Waals surface area contributed by atoms with Gasteiger partial charge in [0, 0.05) is 15.9 Å². The second-order valence-electron chi connectivity index (χ2n) is 3.05. The average molecular weight is 306 g/mol. The van der Waals surface area contributed by atoms with E-state index >= 15 is 0 Å². The van der Waals surface area contributed by atoms with Gasteiger partial charge >= 0.3 is 6.18 Å². The molecule has 0 aromatic heterocycles. The van der Waals surface area contributed by atoms with E-state index in [0.29, 0.717) is 10.0 Å². The first-order chi connectivity index (χ1) is 7.95. The molecule has 0 aliphatic heterocycles. The van der Waals surface area contributed by atoms with E-state index in [-0.39, 0.29) is 6.54 Å². The van der Waals surface area contributed by atoms with Gasteiger partial charge in [0.15, 0.2) is 0 Å². The molecule has 0 unspecified atom stereocenters. The van der Waals surface area contributed by atoms with Gasteiger partial charge in [0.1, 0.15) is 0 Å². The minimum absolute atomic E-state index is 0.0964. The van der Waals surface area contributed by atoms with E-state index in [2.05, 4.69) is 26.0 Å². The highest BCUT2D eigenvalue weighted by atomic mass is 79.9. The van der Waals surface area contributed by atoms with E-state index in [1.165, 1.54) is 18.2 Å². The molecule has 0 heterocycles. The molecule has 0 saturated carbocycles. The maximum absolute atomic E-state index is 12.4. The van der Waals surface area contributed by atoms with Crippen molar-refractivity contribution in [2.45, 2.75) is 6.18 Å². The van der Waals surface area contributed by atoms with Crippen LogP contribution >= 0.6 is 15.9 Å². The molecule has 0 aliphatic carbocycles. The van der Waals surface area contributed by atoms with Crippen LogP contribution in [0, 0.1) is 0 Å². The van der Waals surface area contributed by atoms with Crippen LogP contribution in [0.4, 0.5) is 13.2 Å². The Labute approximate surface area is 104 Å². The van der Waals surface area contributed by atoms with Crippen molar-refractivity contribution in [3.8, 4) is 0 Å². The van der Waals surface area contributed by atoms with Gasteiger partial charge in [-0.1, -0.05) is 33.2 Å². The Bertz CT molecular complexity index is 476. The van der Waals surface area contributed by atoms with Crippen LogP contribution in [0.3, 0.4) is 0 Å². The summed E-state index contributed by atoms with van der Waals surface area (Å²) < 4.78 is 37.9. The highest BCUT2D eigenvalue weighted by Gasteiger charge is 2.30. The van der Waals surface area contributed by atoms with Crippen LogP contribution in [-0.4, -0.2) is 6.54 Å². The maximum Gasteiger partial charge on any atom is 0.416 e. The second kappa shape index (κ2) is 5.75. The minimum Gasteiger partial charge on any atom is -0.166 e. The number of azide groups is 1. The lowest BCUT2D eigenvalue weighted by Crippen LogP contribution is -2.04. The molecule has 0 fully saturated rings. The van der Waals surface area contributed by atoms with Crippen molar-refractivity contribution in [3.63, 3.8) is 0 Å². The monoisotopic (exact) mass is 305 g/mol. The van der Waals surface area contributed by atoms with Crippen LogP contribution in [0.25, 0.3) is 16.5 Å². The molecule has 90 valence electrons. The molecule has 0 radical (unpaired) electrons. The van der Waals surface area contributed by atoms with Crippen LogP contribution in [0.2, 0.25) is 0 Å². The predicted octanol–water partition coefficient (Wildman–Crippen LogP) is 4.79. The Hall–Kier alpha value is -1.46. The lowest BCUT2D eigenvalue weighted by molar-refractivity contribution is -0.137. The Morgan fingerprint density at radius 3 is 2.71 bits per heavy atom. The molecular formula is C10H7BrF3N3. The van der Waals surface area contributed by atoms with Crippen molar-refractivity contribution in [1.82, 2.24) is 0 Å². The van der Waals surface area contributed by atoms with Crippen LogP contribution < -0.4 is 0 Å². The van der Waals surface area contributed by atoms with Crippen molar-refractivity contribution < 1.29 is 13.2 Å². The van der Waals surface area contributed by atoms with Crippen molar-refractivity contribution in [2.75, 3.05) is 6.54 Å². The summed E-state index contributed by atoms with van der Waals surface area (Å²) in [6.07, 6.45) is -1.41. The molecule has 3 nitrogen and oxygen atoms in total. The molecule has 1 rings (SSSR count). The standard InChI is InChI=1S/C10H7BrF3N3/c11-9-4-3-8(10(12,13)14)6-7(9)2-1-5-16-17-15/h1-4,6H,5H2. The molecule has 17 heavy (non-hydrogen) atoms. The summed E-state index contributed by atoms with van der Waals surface area (Å²) in [4.78, 5) is 2.53. The zero-order valence-electron chi connectivity index (χ0n) is 8.45. The Morgan fingerprint density at radius 1 is 1.41 bits per heavy atom. The van der Waals surface area contributed by atoms with Crippen LogP contribution in [-0.2, 0) is 6.18 Å². The lowest BCUT2D eigenvalue weighted by Gasteiger charge is -2.08. The number of rotatable bonds is 3. The number of benzene rings is 1. The molecule has 0 atom stereocenters. The van der Waals surface area contributed by atoms with Crippen molar-refractivity contribution in [3.05, 3.63) is 50.3 Å². The van der Waals surface area contributed by atoms with Gasteiger partial charge in [-0.2, -0.15) is 13.2 Å². The molecule has 7 heteroatoms. The predicted molar refractivity (Wildman–Crippen MR) is 62.2 cm³/mol. The smallest absolute Gasteiger partial charge is 0.166 e. The van der Waals surface area contributed by atoms with E-state index in [1.807, 2.05) is 0 Å². The minimum atomic E-state index is -4.37. The number of nitrogens with zero attached hydrogens (tertiary/aromatic N) is 3. The molecule has 0 saturated heterocycles. The first-order valence-electron chi connectivity index (χ1n) is 4.49. The van der Waals surface area contributed by atoms with E-state index in [9.17, 15) is 13.2 Å². The number of hydrogen-bond acceptors (Lipinski definition) is 1. The third kappa shape index (κ3) is 4.13. The van der Waals surface area contributed by atoms with Gasteiger partial charge in [-0.05, 0) is 29.3 Å². The summed E-state index contributed by atoms with van der Waals surface area (Å²) in [5.41, 5.74) is 7.70. The lowest BCUT2D eigenvalue weighted by atomic mass is 10.1. The summed E-state index contributed by atoms with van der Waals surface area (Å²) in [6.45, 7) is 0.0964. The van der Waals surface area contributed by atoms with Crippen LogP contribution in [0.5, 0.6) is 0 Å². The molecule has 0 aliphatic rings. The molecule has 0 N–H and O–H groups in total. The van der Waals surface area contributed by atoms with Crippen LogP contribution in [0.15, 0.2) is 33.9 Å². The first kappa shape index (κ1) is 13.6. The van der Waals surface area contributed by atoms with Gasteiger partial charge in [-0.25, -0.2) is 0 Å². The van der Waals surface area contributed by atoms with Gasteiger partial charge in [0.2, 0.25) is 0 Å². The normalized spacial score (nSPS) is 11.5. The third-order valence-electron chi connectivity index (χ3n) is 1.87. The zero-order valence-corrected chi connectivity index (χ0v) is 10.0. The maximum atomic E-state index is 12.4. The Kier molecular flexibility index (Phi) is 4.60. The van der Waals surface area contributed by atoms with Gasteiger partial charge in [0.25, 0.3) is 0 Å². The van der Waals surface area contributed by atoms with E-state index in [1.54, 1.807) is 0 Å². The van der Waals surface area contributed by atoms with Gasteiger partial charge in [0.05, 0.1) is 5.56 Å². The van der Waals surface area contributed by atoms with E-state index in [4.69, 9.17) is 5.53 Å². The summed E-state index contributed by atoms with van der Waals surface area (Å²) >= 11 is 3.14. The Balaban J connectivity index is 2.99. The summed E-state index contributed by atoms with van der Waals surface area (Å²) in [7, 11) is 0. The van der Waals surface area contributed by atoms with Gasteiger partial charge < -0.3 is 0 Å². The van der Waals surface area contributed by atoms with Crippen LogP contribution in [0.1, 0.15) is 11.1 Å². The molecule has 1 aromatic rings. The molecule has 0 amide bonds. The highest BCUT2D eigenvalue weighted by molar-refractivity contribution is 9.10. The molecule has 0 bridgehead atoms. The first-order valence-corrected chi connectivity index (χ1v) is 5.28. The van der Waals surface area contributed by atoms with Crippen molar-refractivity contribution in [2.24, 2.45) is 5.11 Å². The van der Waals surface area contributed by atoms with Gasteiger partial charge in [-0.3, -0.25) is 0 Å². The quantitative estimate of drug-likeness (QED) is 0.438. The second-order valence-corrected chi connectivity index (χ2v) is 3.90. The zero-order chi connectivity index (χ0) is 12.9. The largest absolute Gasteiger partial charge is 0.416 e. The number of halogens is 4. The number of hydrogen-bond donors (Lipinski definition) is 0. The van der Waals surface area contributed by atoms with Crippen molar-refractivity contribution >= 4 is 22.0 Å². The summed E-state index contributed by atoms with van der Waals surface area (Å²) in [5.74, 6) is 0. The number of alkyl halides is 3. The molecule has 1 aromatic carbocycles.